The highest BCUT2D eigenvalue weighted by Gasteiger charge is 2.31. The minimum atomic E-state index is -0.830. The molecule has 2 aromatic rings. The van der Waals surface area contributed by atoms with Gasteiger partial charge >= 0.3 is 0 Å². The fourth-order valence-electron chi connectivity index (χ4n) is 4.83. The van der Waals surface area contributed by atoms with E-state index in [1.165, 1.54) is 0 Å². The topological polar surface area (TPSA) is 120 Å². The normalized spacial score (nSPS) is 23.5. The molecular formula is C31H43N5O4S. The quantitative estimate of drug-likeness (QED) is 0.379. The average Bonchev–Trinajstić information content (AvgIpc) is 2.94. The van der Waals surface area contributed by atoms with Crippen molar-refractivity contribution in [1.82, 2.24) is 26.2 Å². The van der Waals surface area contributed by atoms with E-state index < -0.39 is 29.9 Å². The fourth-order valence-corrected chi connectivity index (χ4v) is 5.30. The van der Waals surface area contributed by atoms with Crippen LogP contribution in [0.3, 0.4) is 0 Å². The van der Waals surface area contributed by atoms with Crippen LogP contribution in [0.15, 0.2) is 60.7 Å². The summed E-state index contributed by atoms with van der Waals surface area (Å²) in [5.74, 6) is -1.02. The number of hydrogen-bond donors (Lipinski definition) is 4. The molecule has 4 amide bonds. The molecule has 4 atom stereocenters. The summed E-state index contributed by atoms with van der Waals surface area (Å²) in [5.41, 5.74) is 2.07. The minimum Gasteiger partial charge on any atom is -0.350 e. The number of benzene rings is 2. The second-order valence-corrected chi connectivity index (χ2v) is 11.9. The Morgan fingerprint density at radius 3 is 2.07 bits per heavy atom. The van der Waals surface area contributed by atoms with Gasteiger partial charge in [0.25, 0.3) is 0 Å². The number of carbonyl (C=O) groups is 4. The van der Waals surface area contributed by atoms with Crippen molar-refractivity contribution in [2.45, 2.75) is 64.3 Å². The first-order valence-electron chi connectivity index (χ1n) is 14.2. The first-order valence-corrected chi connectivity index (χ1v) is 15.5. The summed E-state index contributed by atoms with van der Waals surface area (Å²) in [7, 11) is 0. The first-order chi connectivity index (χ1) is 19.7. The monoisotopic (exact) mass is 581 g/mol. The lowest BCUT2D eigenvalue weighted by atomic mass is 10.0. The van der Waals surface area contributed by atoms with Gasteiger partial charge in [0.15, 0.2) is 0 Å². The lowest BCUT2D eigenvalue weighted by Crippen LogP contribution is -2.57. The molecule has 0 aliphatic carbocycles. The van der Waals surface area contributed by atoms with E-state index in [1.807, 2.05) is 85.7 Å². The van der Waals surface area contributed by atoms with E-state index in [2.05, 4.69) is 21.3 Å². The molecule has 1 heterocycles. The highest BCUT2D eigenvalue weighted by atomic mass is 32.2. The van der Waals surface area contributed by atoms with Crippen molar-refractivity contribution < 1.29 is 19.2 Å². The number of hydrogen-bond acceptors (Lipinski definition) is 6. The highest BCUT2D eigenvalue weighted by Crippen LogP contribution is 2.11. The van der Waals surface area contributed by atoms with Crippen molar-refractivity contribution in [3.8, 4) is 0 Å². The second kappa shape index (κ2) is 16.2. The molecule has 3 rings (SSSR count). The molecule has 4 N–H and O–H groups in total. The number of thioether (sulfide) groups is 1. The van der Waals surface area contributed by atoms with Crippen LogP contribution in [0, 0.1) is 5.92 Å². The van der Waals surface area contributed by atoms with Gasteiger partial charge in [0, 0.05) is 19.1 Å². The number of carbonyl (C=O) groups excluding carboxylic acids is 4. The van der Waals surface area contributed by atoms with E-state index in [-0.39, 0.29) is 30.3 Å². The molecule has 1 saturated heterocycles. The maximum atomic E-state index is 13.4. The van der Waals surface area contributed by atoms with E-state index in [1.54, 1.807) is 18.7 Å². The highest BCUT2D eigenvalue weighted by molar-refractivity contribution is 7.98. The Morgan fingerprint density at radius 2 is 1.46 bits per heavy atom. The van der Waals surface area contributed by atoms with Gasteiger partial charge in [-0.15, -0.1) is 0 Å². The molecule has 1 aliphatic rings. The van der Waals surface area contributed by atoms with Crippen LogP contribution >= 0.6 is 11.8 Å². The molecule has 0 unspecified atom stereocenters. The molecule has 10 heteroatoms. The van der Waals surface area contributed by atoms with Crippen molar-refractivity contribution in [2.24, 2.45) is 5.92 Å². The maximum absolute atomic E-state index is 13.4. The molecule has 222 valence electrons. The first kappa shape index (κ1) is 32.1. The van der Waals surface area contributed by atoms with Crippen LogP contribution in [0.1, 0.15) is 38.3 Å². The fraction of sp³-hybridized carbons (Fsp3) is 0.484. The molecule has 0 bridgehead atoms. The summed E-state index contributed by atoms with van der Waals surface area (Å²) in [6.07, 6.45) is 2.87. The average molecular weight is 582 g/mol. The van der Waals surface area contributed by atoms with Crippen LogP contribution < -0.4 is 21.3 Å². The van der Waals surface area contributed by atoms with Gasteiger partial charge in [0.05, 0.1) is 6.54 Å². The van der Waals surface area contributed by atoms with Gasteiger partial charge < -0.3 is 21.3 Å². The number of amides is 4. The van der Waals surface area contributed by atoms with Crippen LogP contribution in [0.4, 0.5) is 0 Å². The number of nitrogens with one attached hydrogen (secondary N) is 4. The van der Waals surface area contributed by atoms with Crippen molar-refractivity contribution in [1.29, 1.82) is 0 Å². The van der Waals surface area contributed by atoms with Crippen LogP contribution in [-0.4, -0.2) is 77.8 Å². The minimum absolute atomic E-state index is 0.0369. The maximum Gasteiger partial charge on any atom is 0.243 e. The summed E-state index contributed by atoms with van der Waals surface area (Å²) in [6.45, 7) is 6.27. The molecule has 1 fully saturated rings. The smallest absolute Gasteiger partial charge is 0.243 e. The summed E-state index contributed by atoms with van der Waals surface area (Å²) in [5, 5.41) is 11.6. The predicted molar refractivity (Wildman–Crippen MR) is 163 cm³/mol. The third-order valence-corrected chi connectivity index (χ3v) is 7.67. The third kappa shape index (κ3) is 10.5. The van der Waals surface area contributed by atoms with Crippen molar-refractivity contribution in [3.63, 3.8) is 0 Å². The van der Waals surface area contributed by atoms with E-state index in [4.69, 9.17) is 0 Å². The van der Waals surface area contributed by atoms with E-state index in [0.717, 1.165) is 11.1 Å². The summed E-state index contributed by atoms with van der Waals surface area (Å²) in [6, 6.07) is 16.9. The van der Waals surface area contributed by atoms with Gasteiger partial charge in [-0.05, 0) is 48.8 Å². The van der Waals surface area contributed by atoms with Crippen molar-refractivity contribution >= 4 is 35.4 Å². The lowest BCUT2D eigenvalue weighted by Gasteiger charge is -2.29. The van der Waals surface area contributed by atoms with Crippen LogP contribution in [0.5, 0.6) is 0 Å². The molecule has 41 heavy (non-hydrogen) atoms. The Kier molecular flexibility index (Phi) is 12.7. The molecule has 0 aromatic heterocycles. The Morgan fingerprint density at radius 1 is 0.829 bits per heavy atom. The van der Waals surface area contributed by atoms with Crippen LogP contribution in [0.25, 0.3) is 0 Å². The zero-order chi connectivity index (χ0) is 29.8. The number of rotatable bonds is 8. The standard InChI is InChI=1S/C31H43N5O4S/c1-21(2)28-31(40)34-26(15-16-41-4)30(39)32-22(3)29(38)33-25(17-23-11-7-5-8-12-23)19-36(20-27(37)35-28)18-24-13-9-6-10-14-24/h5-14,21-22,25-26,28H,15-20H2,1-4H3,(H,32,39)(H,33,38)(H,34,40)(H,35,37)/t22-,25+,26-,28-/m0/s1. The summed E-state index contributed by atoms with van der Waals surface area (Å²) < 4.78 is 0. The van der Waals surface area contributed by atoms with Gasteiger partial charge in [0.2, 0.25) is 23.6 Å². The number of nitrogens with zero attached hydrogens (tertiary/aromatic N) is 1. The molecule has 0 spiro atoms. The zero-order valence-corrected chi connectivity index (χ0v) is 25.2. The SMILES string of the molecule is CSCC[C@@H]1NC(=O)[C@H](C(C)C)NC(=O)CN(Cc2ccccc2)C[C@@H](Cc2ccccc2)NC(=O)[C@H](C)NC1=O. The largest absolute Gasteiger partial charge is 0.350 e. The van der Waals surface area contributed by atoms with Gasteiger partial charge in [-0.1, -0.05) is 74.5 Å². The lowest BCUT2D eigenvalue weighted by molar-refractivity contribution is -0.134. The molecule has 0 radical (unpaired) electrons. The molecule has 1 aliphatic heterocycles. The molecule has 9 nitrogen and oxygen atoms in total. The Labute approximate surface area is 247 Å². The zero-order valence-electron chi connectivity index (χ0n) is 24.4. The molecule has 0 saturated carbocycles. The van der Waals surface area contributed by atoms with Gasteiger partial charge in [0.1, 0.15) is 18.1 Å². The van der Waals surface area contributed by atoms with Gasteiger partial charge in [-0.3, -0.25) is 24.1 Å². The summed E-state index contributed by atoms with van der Waals surface area (Å²) >= 11 is 1.56. The second-order valence-electron chi connectivity index (χ2n) is 10.9. The predicted octanol–water partition coefficient (Wildman–Crippen LogP) is 2.11. The van der Waals surface area contributed by atoms with E-state index in [0.29, 0.717) is 31.7 Å². The summed E-state index contributed by atoms with van der Waals surface area (Å²) in [4.78, 5) is 55.2. The molecular weight excluding hydrogens is 538 g/mol. The third-order valence-electron chi connectivity index (χ3n) is 7.03. The van der Waals surface area contributed by atoms with Crippen molar-refractivity contribution in [3.05, 3.63) is 71.8 Å². The Balaban J connectivity index is 1.95. The Hall–Kier alpha value is -3.37. The van der Waals surface area contributed by atoms with Gasteiger partial charge in [-0.2, -0.15) is 11.8 Å². The van der Waals surface area contributed by atoms with Gasteiger partial charge in [-0.25, -0.2) is 0 Å². The van der Waals surface area contributed by atoms with E-state index >= 15 is 0 Å². The van der Waals surface area contributed by atoms with Crippen molar-refractivity contribution in [2.75, 3.05) is 25.1 Å². The van der Waals surface area contributed by atoms with Crippen LogP contribution in [0.2, 0.25) is 0 Å². The van der Waals surface area contributed by atoms with Crippen LogP contribution in [-0.2, 0) is 32.1 Å². The molecule has 2 aromatic carbocycles. The Bertz CT molecular complexity index is 1150. The van der Waals surface area contributed by atoms with E-state index in [9.17, 15) is 19.2 Å².